The van der Waals surface area contributed by atoms with E-state index < -0.39 is 0 Å². The maximum Gasteiger partial charge on any atom is 0.234 e. The van der Waals surface area contributed by atoms with Crippen LogP contribution in [0.5, 0.6) is 0 Å². The Balaban J connectivity index is 1.68. The fraction of sp³-hybridized carbons (Fsp3) is 0.211. The molecular weight excluding hydrogens is 387 g/mol. The Labute approximate surface area is 166 Å². The number of carbonyl (C=O) groups is 1. The van der Waals surface area contributed by atoms with Gasteiger partial charge in [-0.1, -0.05) is 29.4 Å². The zero-order valence-corrected chi connectivity index (χ0v) is 16.4. The van der Waals surface area contributed by atoms with Crippen molar-refractivity contribution in [3.63, 3.8) is 0 Å². The molecule has 5 nitrogen and oxygen atoms in total. The molecule has 8 heteroatoms. The van der Waals surface area contributed by atoms with E-state index in [4.69, 9.17) is 11.6 Å². The summed E-state index contributed by atoms with van der Waals surface area (Å²) in [7, 11) is 0. The van der Waals surface area contributed by atoms with Crippen LogP contribution in [0.4, 0.5) is 10.1 Å². The van der Waals surface area contributed by atoms with Crippen LogP contribution in [-0.4, -0.2) is 26.4 Å². The highest BCUT2D eigenvalue weighted by Crippen LogP contribution is 2.25. The van der Waals surface area contributed by atoms with Gasteiger partial charge in [-0.15, -0.1) is 10.2 Å². The van der Waals surface area contributed by atoms with Crippen molar-refractivity contribution in [2.24, 2.45) is 0 Å². The number of hydrogen-bond donors (Lipinski definition) is 1. The molecule has 2 aromatic carbocycles. The molecule has 140 valence electrons. The van der Waals surface area contributed by atoms with Crippen molar-refractivity contribution in [3.8, 4) is 11.4 Å². The van der Waals surface area contributed by atoms with Gasteiger partial charge in [0.25, 0.3) is 0 Å². The summed E-state index contributed by atoms with van der Waals surface area (Å²) in [5.74, 6) is 0.284. The Bertz CT molecular complexity index is 959. The minimum Gasteiger partial charge on any atom is -0.325 e. The number of benzene rings is 2. The van der Waals surface area contributed by atoms with E-state index in [0.29, 0.717) is 28.0 Å². The number of anilines is 1. The van der Waals surface area contributed by atoms with Crippen LogP contribution in [0.15, 0.2) is 47.6 Å². The highest BCUT2D eigenvalue weighted by Gasteiger charge is 2.15. The Morgan fingerprint density at radius 3 is 2.63 bits per heavy atom. The van der Waals surface area contributed by atoms with Crippen molar-refractivity contribution in [2.45, 2.75) is 25.5 Å². The lowest BCUT2D eigenvalue weighted by Gasteiger charge is -2.08. The van der Waals surface area contributed by atoms with E-state index in [0.717, 1.165) is 11.4 Å². The second-order valence-electron chi connectivity index (χ2n) is 5.86. The summed E-state index contributed by atoms with van der Waals surface area (Å²) in [4.78, 5) is 12.2. The molecule has 1 heterocycles. The molecule has 27 heavy (non-hydrogen) atoms. The first-order chi connectivity index (χ1) is 13.0. The second-order valence-corrected chi connectivity index (χ2v) is 7.24. The standard InChI is InChI=1S/C19H18ClFN4OS/c1-3-25-18(13-5-7-14(20)8-6-13)23-24-19(25)27-11-17(26)22-15-9-4-12(2)16(21)10-15/h4-10H,3,11H2,1-2H3,(H,22,26). The second kappa shape index (κ2) is 8.54. The number of carbonyl (C=O) groups excluding carboxylic acids is 1. The summed E-state index contributed by atoms with van der Waals surface area (Å²) in [5, 5.41) is 12.4. The van der Waals surface area contributed by atoms with Crippen LogP contribution in [0.2, 0.25) is 5.02 Å². The quantitative estimate of drug-likeness (QED) is 0.599. The minimum atomic E-state index is -0.348. The van der Waals surface area contributed by atoms with Crippen molar-refractivity contribution >= 4 is 35.0 Å². The first-order valence-corrected chi connectivity index (χ1v) is 9.72. The van der Waals surface area contributed by atoms with Crippen molar-refractivity contribution in [1.82, 2.24) is 14.8 Å². The minimum absolute atomic E-state index is 0.147. The van der Waals surface area contributed by atoms with Gasteiger partial charge >= 0.3 is 0 Å². The largest absolute Gasteiger partial charge is 0.325 e. The highest BCUT2D eigenvalue weighted by atomic mass is 35.5. The lowest BCUT2D eigenvalue weighted by molar-refractivity contribution is -0.113. The number of thioether (sulfide) groups is 1. The average molecular weight is 405 g/mol. The zero-order valence-electron chi connectivity index (χ0n) is 14.9. The van der Waals surface area contributed by atoms with E-state index in [1.165, 1.54) is 17.8 Å². The van der Waals surface area contributed by atoms with Gasteiger partial charge in [0.05, 0.1) is 5.75 Å². The van der Waals surface area contributed by atoms with Crippen LogP contribution in [0.3, 0.4) is 0 Å². The molecule has 0 bridgehead atoms. The average Bonchev–Trinajstić information content (AvgIpc) is 3.06. The molecule has 0 atom stereocenters. The Hall–Kier alpha value is -2.38. The summed E-state index contributed by atoms with van der Waals surface area (Å²) in [5.41, 5.74) is 1.87. The SMILES string of the molecule is CCn1c(SCC(=O)Nc2ccc(C)c(F)c2)nnc1-c1ccc(Cl)cc1. The van der Waals surface area contributed by atoms with Gasteiger partial charge in [0.2, 0.25) is 5.91 Å². The first-order valence-electron chi connectivity index (χ1n) is 8.36. The van der Waals surface area contributed by atoms with E-state index in [1.807, 2.05) is 23.6 Å². The third kappa shape index (κ3) is 4.67. The number of nitrogens with zero attached hydrogens (tertiary/aromatic N) is 3. The van der Waals surface area contributed by atoms with E-state index in [2.05, 4.69) is 15.5 Å². The van der Waals surface area contributed by atoms with Crippen LogP contribution in [-0.2, 0) is 11.3 Å². The smallest absolute Gasteiger partial charge is 0.234 e. The van der Waals surface area contributed by atoms with Gasteiger partial charge in [-0.2, -0.15) is 0 Å². The van der Waals surface area contributed by atoms with E-state index in [1.54, 1.807) is 31.2 Å². The predicted octanol–water partition coefficient (Wildman–Crippen LogP) is 4.80. The van der Waals surface area contributed by atoms with E-state index in [9.17, 15) is 9.18 Å². The van der Waals surface area contributed by atoms with Crippen molar-refractivity contribution < 1.29 is 9.18 Å². The van der Waals surface area contributed by atoms with Crippen molar-refractivity contribution in [2.75, 3.05) is 11.1 Å². The molecule has 0 aliphatic rings. The molecule has 0 fully saturated rings. The van der Waals surface area contributed by atoms with Crippen LogP contribution in [0.1, 0.15) is 12.5 Å². The predicted molar refractivity (Wildman–Crippen MR) is 107 cm³/mol. The van der Waals surface area contributed by atoms with Crippen molar-refractivity contribution in [1.29, 1.82) is 0 Å². The lowest BCUT2D eigenvalue weighted by atomic mass is 10.2. The van der Waals surface area contributed by atoms with Gasteiger partial charge < -0.3 is 9.88 Å². The molecule has 0 radical (unpaired) electrons. The number of nitrogens with one attached hydrogen (secondary N) is 1. The molecule has 0 aliphatic carbocycles. The van der Waals surface area contributed by atoms with E-state index >= 15 is 0 Å². The maximum absolute atomic E-state index is 13.6. The molecule has 0 saturated heterocycles. The molecule has 1 N–H and O–H groups in total. The van der Waals surface area contributed by atoms with Crippen LogP contribution in [0, 0.1) is 12.7 Å². The molecule has 0 saturated carbocycles. The number of aryl methyl sites for hydroxylation is 1. The normalized spacial score (nSPS) is 10.8. The molecule has 0 aliphatic heterocycles. The van der Waals surface area contributed by atoms with Crippen LogP contribution < -0.4 is 5.32 Å². The van der Waals surface area contributed by atoms with Gasteiger partial charge in [0.1, 0.15) is 5.82 Å². The van der Waals surface area contributed by atoms with Gasteiger partial charge in [-0.25, -0.2) is 4.39 Å². The van der Waals surface area contributed by atoms with Crippen molar-refractivity contribution in [3.05, 3.63) is 58.9 Å². The number of amides is 1. The summed E-state index contributed by atoms with van der Waals surface area (Å²) < 4.78 is 15.5. The summed E-state index contributed by atoms with van der Waals surface area (Å²) in [6.07, 6.45) is 0. The molecule has 0 unspecified atom stereocenters. The van der Waals surface area contributed by atoms with Crippen LogP contribution >= 0.6 is 23.4 Å². The Kier molecular flexibility index (Phi) is 6.13. The van der Waals surface area contributed by atoms with Gasteiger partial charge in [0.15, 0.2) is 11.0 Å². The summed E-state index contributed by atoms with van der Waals surface area (Å²) in [6.45, 7) is 4.33. The maximum atomic E-state index is 13.6. The van der Waals surface area contributed by atoms with Gasteiger partial charge in [-0.3, -0.25) is 4.79 Å². The van der Waals surface area contributed by atoms with Gasteiger partial charge in [-0.05, 0) is 55.8 Å². The fourth-order valence-electron chi connectivity index (χ4n) is 2.49. The van der Waals surface area contributed by atoms with E-state index in [-0.39, 0.29) is 17.5 Å². The number of halogens is 2. The van der Waals surface area contributed by atoms with Gasteiger partial charge in [0, 0.05) is 22.8 Å². The Morgan fingerprint density at radius 1 is 1.22 bits per heavy atom. The third-order valence-corrected chi connectivity index (χ3v) is 5.14. The Morgan fingerprint density at radius 2 is 1.96 bits per heavy atom. The first kappa shape index (κ1) is 19.4. The number of hydrogen-bond acceptors (Lipinski definition) is 4. The fourth-order valence-corrected chi connectivity index (χ4v) is 3.42. The topological polar surface area (TPSA) is 59.8 Å². The summed E-state index contributed by atoms with van der Waals surface area (Å²) in [6, 6.07) is 12.0. The molecule has 1 aromatic heterocycles. The molecular formula is C19H18ClFN4OS. The molecule has 3 aromatic rings. The lowest BCUT2D eigenvalue weighted by Crippen LogP contribution is -2.15. The molecule has 1 amide bonds. The number of aromatic nitrogens is 3. The third-order valence-electron chi connectivity index (χ3n) is 3.92. The highest BCUT2D eigenvalue weighted by molar-refractivity contribution is 7.99. The molecule has 0 spiro atoms. The number of rotatable bonds is 6. The zero-order chi connectivity index (χ0) is 19.4. The van der Waals surface area contributed by atoms with Crippen LogP contribution in [0.25, 0.3) is 11.4 Å². The molecule has 3 rings (SSSR count). The summed E-state index contributed by atoms with van der Waals surface area (Å²) >= 11 is 7.22. The monoisotopic (exact) mass is 404 g/mol.